The van der Waals surface area contributed by atoms with E-state index in [0.29, 0.717) is 13.0 Å². The number of carbonyl (C=O) groups is 1. The van der Waals surface area contributed by atoms with Crippen LogP contribution in [0.15, 0.2) is 29.2 Å². The molecule has 1 aliphatic heterocycles. The van der Waals surface area contributed by atoms with Gasteiger partial charge in [0.1, 0.15) is 0 Å². The topological polar surface area (TPSA) is 78.5 Å². The molecule has 1 aromatic carbocycles. The van der Waals surface area contributed by atoms with Crippen LogP contribution in [0.5, 0.6) is 0 Å². The number of hydrogen-bond donors (Lipinski definition) is 2. The minimum Gasteiger partial charge on any atom is -0.352 e. The maximum absolute atomic E-state index is 12.4. The van der Waals surface area contributed by atoms with Crippen molar-refractivity contribution in [3.63, 3.8) is 0 Å². The van der Waals surface area contributed by atoms with E-state index in [2.05, 4.69) is 15.5 Å². The lowest BCUT2D eigenvalue weighted by atomic mass is 10.2. The Morgan fingerprint density at radius 2 is 1.92 bits per heavy atom. The maximum atomic E-state index is 12.4. The lowest BCUT2D eigenvalue weighted by Gasteiger charge is -2.27. The Bertz CT molecular complexity index is 646. The average Bonchev–Trinajstić information content (AvgIpc) is 2.59. The summed E-state index contributed by atoms with van der Waals surface area (Å²) in [6.07, 6.45) is 1.39. The summed E-state index contributed by atoms with van der Waals surface area (Å²) in [7, 11) is -3.41. The van der Waals surface area contributed by atoms with Gasteiger partial charge in [-0.25, -0.2) is 8.42 Å². The van der Waals surface area contributed by atoms with Crippen molar-refractivity contribution in [1.29, 1.82) is 0 Å². The summed E-state index contributed by atoms with van der Waals surface area (Å²) in [6, 6.07) is 6.44. The Morgan fingerprint density at radius 1 is 1.24 bits per heavy atom. The summed E-state index contributed by atoms with van der Waals surface area (Å²) in [5.41, 5.74) is 0.244. The van der Waals surface area contributed by atoms with Crippen molar-refractivity contribution in [2.45, 2.75) is 24.7 Å². The lowest BCUT2D eigenvalue weighted by molar-refractivity contribution is 0.0948. The van der Waals surface area contributed by atoms with E-state index in [1.54, 1.807) is 18.2 Å². The first kappa shape index (κ1) is 21.9. The van der Waals surface area contributed by atoms with Gasteiger partial charge in [0, 0.05) is 32.7 Å². The van der Waals surface area contributed by atoms with Gasteiger partial charge in [-0.1, -0.05) is 19.1 Å². The lowest BCUT2D eigenvalue weighted by Crippen LogP contribution is -2.44. The van der Waals surface area contributed by atoms with Gasteiger partial charge in [0.2, 0.25) is 0 Å². The molecule has 1 aliphatic rings. The van der Waals surface area contributed by atoms with Crippen molar-refractivity contribution in [2.75, 3.05) is 45.0 Å². The average molecular weight is 390 g/mol. The van der Waals surface area contributed by atoms with Gasteiger partial charge < -0.3 is 15.5 Å². The van der Waals surface area contributed by atoms with Crippen LogP contribution in [0.2, 0.25) is 0 Å². The van der Waals surface area contributed by atoms with Crippen LogP contribution in [0.3, 0.4) is 0 Å². The molecule has 2 N–H and O–H groups in total. The van der Waals surface area contributed by atoms with Crippen molar-refractivity contribution in [1.82, 2.24) is 15.5 Å². The molecule has 25 heavy (non-hydrogen) atoms. The second kappa shape index (κ2) is 10.8. The quantitative estimate of drug-likeness (QED) is 0.655. The molecule has 142 valence electrons. The number of nitrogens with one attached hydrogen (secondary N) is 2. The summed E-state index contributed by atoms with van der Waals surface area (Å²) in [5.74, 6) is -0.258. The largest absolute Gasteiger partial charge is 0.352 e. The standard InChI is InChI=1S/C17H27N3O3S.ClH/c1-2-14-24(22,23)16-7-4-3-6-15(16)17(21)19-8-5-11-20-12-9-18-10-13-20;/h3-4,6-7,18H,2,5,8-14H2,1H3,(H,19,21);1H. The highest BCUT2D eigenvalue weighted by molar-refractivity contribution is 7.91. The first-order valence-electron chi connectivity index (χ1n) is 8.57. The Kier molecular flexibility index (Phi) is 9.42. The van der Waals surface area contributed by atoms with Crippen LogP contribution in [-0.2, 0) is 9.84 Å². The highest BCUT2D eigenvalue weighted by Gasteiger charge is 2.21. The van der Waals surface area contributed by atoms with Crippen LogP contribution in [0.1, 0.15) is 30.1 Å². The van der Waals surface area contributed by atoms with E-state index in [-0.39, 0.29) is 34.5 Å². The maximum Gasteiger partial charge on any atom is 0.252 e. The van der Waals surface area contributed by atoms with Gasteiger partial charge in [0.15, 0.2) is 9.84 Å². The van der Waals surface area contributed by atoms with E-state index in [1.807, 2.05) is 6.92 Å². The molecule has 1 fully saturated rings. The molecule has 1 heterocycles. The van der Waals surface area contributed by atoms with Gasteiger partial charge in [0.05, 0.1) is 16.2 Å². The third-order valence-corrected chi connectivity index (χ3v) is 6.06. The van der Waals surface area contributed by atoms with Crippen LogP contribution in [0, 0.1) is 0 Å². The summed E-state index contributed by atoms with van der Waals surface area (Å²) < 4.78 is 24.6. The van der Waals surface area contributed by atoms with Crippen LogP contribution in [0.4, 0.5) is 0 Å². The Balaban J connectivity index is 0.00000312. The number of amides is 1. The van der Waals surface area contributed by atoms with E-state index in [1.165, 1.54) is 6.07 Å². The first-order chi connectivity index (χ1) is 11.5. The molecule has 0 saturated carbocycles. The van der Waals surface area contributed by atoms with E-state index >= 15 is 0 Å². The van der Waals surface area contributed by atoms with E-state index in [4.69, 9.17) is 0 Å². The molecule has 6 nitrogen and oxygen atoms in total. The molecule has 1 aromatic rings. The predicted octanol–water partition coefficient (Wildman–Crippen LogP) is 1.32. The number of piperazine rings is 1. The van der Waals surface area contributed by atoms with Gasteiger partial charge in [-0.3, -0.25) is 4.79 Å². The van der Waals surface area contributed by atoms with E-state index < -0.39 is 9.84 Å². The molecule has 1 saturated heterocycles. The highest BCUT2D eigenvalue weighted by atomic mass is 35.5. The predicted molar refractivity (Wildman–Crippen MR) is 102 cm³/mol. The normalized spacial score (nSPS) is 15.4. The second-order valence-electron chi connectivity index (χ2n) is 6.02. The van der Waals surface area contributed by atoms with Crippen molar-refractivity contribution >= 4 is 28.2 Å². The zero-order chi connectivity index (χ0) is 17.4. The van der Waals surface area contributed by atoms with Crippen molar-refractivity contribution in [3.8, 4) is 0 Å². The summed E-state index contributed by atoms with van der Waals surface area (Å²) in [6.45, 7) is 7.39. The second-order valence-corrected chi connectivity index (χ2v) is 8.09. The van der Waals surface area contributed by atoms with Crippen LogP contribution in [-0.4, -0.2) is 64.2 Å². The van der Waals surface area contributed by atoms with Gasteiger partial charge in [-0.2, -0.15) is 0 Å². The van der Waals surface area contributed by atoms with Crippen LogP contribution >= 0.6 is 12.4 Å². The minimum atomic E-state index is -3.41. The van der Waals surface area contributed by atoms with Crippen molar-refractivity contribution in [2.24, 2.45) is 0 Å². The number of carbonyl (C=O) groups excluding carboxylic acids is 1. The zero-order valence-corrected chi connectivity index (χ0v) is 16.3. The zero-order valence-electron chi connectivity index (χ0n) is 14.7. The highest BCUT2D eigenvalue weighted by Crippen LogP contribution is 2.17. The monoisotopic (exact) mass is 389 g/mol. The molecule has 2 rings (SSSR count). The fourth-order valence-corrected chi connectivity index (χ4v) is 4.38. The summed E-state index contributed by atoms with van der Waals surface area (Å²) >= 11 is 0. The molecule has 0 radical (unpaired) electrons. The smallest absolute Gasteiger partial charge is 0.252 e. The molecule has 0 bridgehead atoms. The van der Waals surface area contributed by atoms with Gasteiger partial charge in [-0.05, 0) is 31.5 Å². The summed E-state index contributed by atoms with van der Waals surface area (Å²) in [4.78, 5) is 14.9. The number of halogens is 1. The SMILES string of the molecule is CCCS(=O)(=O)c1ccccc1C(=O)NCCCN1CCNCC1.Cl. The van der Waals surface area contributed by atoms with Crippen molar-refractivity contribution in [3.05, 3.63) is 29.8 Å². The molecule has 0 spiro atoms. The van der Waals surface area contributed by atoms with E-state index in [0.717, 1.165) is 39.1 Å². The molecule has 0 aromatic heterocycles. The van der Waals surface area contributed by atoms with Crippen molar-refractivity contribution < 1.29 is 13.2 Å². The molecule has 8 heteroatoms. The molecular weight excluding hydrogens is 362 g/mol. The third kappa shape index (κ3) is 6.58. The van der Waals surface area contributed by atoms with Gasteiger partial charge >= 0.3 is 0 Å². The minimum absolute atomic E-state index is 0. The molecule has 1 amide bonds. The number of hydrogen-bond acceptors (Lipinski definition) is 5. The van der Waals surface area contributed by atoms with Crippen LogP contribution < -0.4 is 10.6 Å². The van der Waals surface area contributed by atoms with Crippen LogP contribution in [0.25, 0.3) is 0 Å². The Labute approximate surface area is 156 Å². The van der Waals surface area contributed by atoms with Gasteiger partial charge in [0.25, 0.3) is 5.91 Å². The number of benzene rings is 1. The number of nitrogens with zero attached hydrogens (tertiary/aromatic N) is 1. The Morgan fingerprint density at radius 3 is 2.60 bits per heavy atom. The molecular formula is C17H28ClN3O3S. The number of sulfone groups is 1. The first-order valence-corrected chi connectivity index (χ1v) is 10.2. The summed E-state index contributed by atoms with van der Waals surface area (Å²) in [5, 5.41) is 6.15. The molecule has 0 aliphatic carbocycles. The molecule has 0 unspecified atom stereocenters. The molecule has 0 atom stereocenters. The fourth-order valence-electron chi connectivity index (χ4n) is 2.84. The number of rotatable bonds is 8. The Hall–Kier alpha value is -1.15. The third-order valence-electron chi connectivity index (χ3n) is 4.09. The van der Waals surface area contributed by atoms with E-state index in [9.17, 15) is 13.2 Å². The fraction of sp³-hybridized carbons (Fsp3) is 0.588. The van der Waals surface area contributed by atoms with Gasteiger partial charge in [-0.15, -0.1) is 12.4 Å².